The van der Waals surface area contributed by atoms with E-state index in [4.69, 9.17) is 9.47 Å². The molecule has 116 valence electrons. The molecule has 0 spiro atoms. The summed E-state index contributed by atoms with van der Waals surface area (Å²) in [4.78, 5) is 4.42. The number of hydrogen-bond acceptors (Lipinski definition) is 4. The van der Waals surface area contributed by atoms with E-state index in [1.165, 1.54) is 12.1 Å². The van der Waals surface area contributed by atoms with Gasteiger partial charge >= 0.3 is 0 Å². The van der Waals surface area contributed by atoms with Crippen LogP contribution in [0.4, 0.5) is 4.39 Å². The van der Waals surface area contributed by atoms with Crippen LogP contribution in [0.5, 0.6) is 23.1 Å². The number of methoxy groups -OCH3 is 1. The Hall–Kier alpha value is -3.08. The first-order valence-corrected chi connectivity index (χ1v) is 6.94. The van der Waals surface area contributed by atoms with Gasteiger partial charge in [-0.1, -0.05) is 18.2 Å². The minimum Gasteiger partial charge on any atom is -0.505 e. The van der Waals surface area contributed by atoms with E-state index < -0.39 is 11.6 Å². The van der Waals surface area contributed by atoms with Crippen LogP contribution in [0.3, 0.4) is 0 Å². The number of aromatic nitrogens is 1. The molecule has 0 saturated heterocycles. The fourth-order valence-corrected chi connectivity index (χ4v) is 2.15. The molecular weight excluding hydrogens is 297 g/mol. The lowest BCUT2D eigenvalue weighted by molar-refractivity contribution is 0.415. The largest absolute Gasteiger partial charge is 0.505 e. The van der Waals surface area contributed by atoms with Gasteiger partial charge in [-0.25, -0.2) is 9.37 Å². The van der Waals surface area contributed by atoms with Crippen LogP contribution in [0, 0.1) is 5.82 Å². The highest BCUT2D eigenvalue weighted by Gasteiger charge is 2.09. The van der Waals surface area contributed by atoms with Gasteiger partial charge in [0.15, 0.2) is 11.6 Å². The molecule has 0 aliphatic carbocycles. The van der Waals surface area contributed by atoms with Gasteiger partial charge in [0.1, 0.15) is 11.5 Å². The van der Waals surface area contributed by atoms with E-state index in [2.05, 4.69) is 4.98 Å². The molecule has 0 atom stereocenters. The van der Waals surface area contributed by atoms with Crippen LogP contribution in [-0.4, -0.2) is 17.2 Å². The molecule has 0 bridgehead atoms. The summed E-state index contributed by atoms with van der Waals surface area (Å²) in [6.45, 7) is 0. The lowest BCUT2D eigenvalue weighted by atomic mass is 10.1. The summed E-state index contributed by atoms with van der Waals surface area (Å²) in [7, 11) is 1.60. The first-order chi connectivity index (χ1) is 11.2. The van der Waals surface area contributed by atoms with Crippen molar-refractivity contribution < 1.29 is 19.0 Å². The van der Waals surface area contributed by atoms with Gasteiger partial charge in [-0.2, -0.15) is 0 Å². The van der Waals surface area contributed by atoms with E-state index in [1.54, 1.807) is 19.2 Å². The number of pyridine rings is 1. The normalized spacial score (nSPS) is 10.3. The summed E-state index contributed by atoms with van der Waals surface area (Å²) in [5, 5.41) is 9.39. The van der Waals surface area contributed by atoms with Crippen LogP contribution in [0.1, 0.15) is 0 Å². The third kappa shape index (κ3) is 3.23. The van der Waals surface area contributed by atoms with E-state index in [0.717, 1.165) is 11.6 Å². The summed E-state index contributed by atoms with van der Waals surface area (Å²) in [6, 6.07) is 16.6. The Morgan fingerprint density at radius 3 is 2.61 bits per heavy atom. The standard InChI is InChI=1S/C18H14FNO3/c1-22-17-7-3-2-5-13(17)15-6-4-8-18(20-15)23-12-9-10-14(19)16(21)11-12/h2-11,21H,1H3. The summed E-state index contributed by atoms with van der Waals surface area (Å²) >= 11 is 0. The summed E-state index contributed by atoms with van der Waals surface area (Å²) in [6.07, 6.45) is 0. The van der Waals surface area contributed by atoms with Crippen LogP contribution in [0.25, 0.3) is 11.3 Å². The molecule has 1 aromatic heterocycles. The maximum atomic E-state index is 13.1. The number of phenolic OH excluding ortho intramolecular Hbond substituents is 1. The van der Waals surface area contributed by atoms with Crippen LogP contribution >= 0.6 is 0 Å². The van der Waals surface area contributed by atoms with Crippen molar-refractivity contribution in [3.63, 3.8) is 0 Å². The van der Waals surface area contributed by atoms with Gasteiger partial charge in [-0.3, -0.25) is 0 Å². The molecular formula is C18H14FNO3. The zero-order valence-electron chi connectivity index (χ0n) is 12.4. The van der Waals surface area contributed by atoms with Crippen molar-refractivity contribution in [1.82, 2.24) is 4.98 Å². The van der Waals surface area contributed by atoms with E-state index >= 15 is 0 Å². The first kappa shape index (κ1) is 14.8. The van der Waals surface area contributed by atoms with Crippen molar-refractivity contribution >= 4 is 0 Å². The molecule has 3 rings (SSSR count). The van der Waals surface area contributed by atoms with Crippen molar-refractivity contribution in [2.75, 3.05) is 7.11 Å². The number of benzene rings is 2. The Morgan fingerprint density at radius 1 is 1.00 bits per heavy atom. The molecule has 0 saturated carbocycles. The van der Waals surface area contributed by atoms with Gasteiger partial charge in [0, 0.05) is 17.7 Å². The summed E-state index contributed by atoms with van der Waals surface area (Å²) < 4.78 is 24.0. The zero-order valence-corrected chi connectivity index (χ0v) is 12.4. The predicted octanol–water partition coefficient (Wildman–Crippen LogP) is 4.39. The lowest BCUT2D eigenvalue weighted by Crippen LogP contribution is -1.93. The fraction of sp³-hybridized carbons (Fsp3) is 0.0556. The number of aromatic hydroxyl groups is 1. The molecule has 3 aromatic rings. The zero-order chi connectivity index (χ0) is 16.2. The lowest BCUT2D eigenvalue weighted by Gasteiger charge is -2.10. The Kier molecular flexibility index (Phi) is 4.10. The number of para-hydroxylation sites is 1. The number of rotatable bonds is 4. The second kappa shape index (κ2) is 6.36. The van der Waals surface area contributed by atoms with Crippen molar-refractivity contribution in [3.8, 4) is 34.4 Å². The molecule has 23 heavy (non-hydrogen) atoms. The number of phenols is 1. The Bertz CT molecular complexity index is 836. The maximum Gasteiger partial charge on any atom is 0.219 e. The van der Waals surface area contributed by atoms with Gasteiger partial charge in [0.2, 0.25) is 5.88 Å². The summed E-state index contributed by atoms with van der Waals surface area (Å²) in [5.41, 5.74) is 1.52. The average Bonchev–Trinajstić information content (AvgIpc) is 2.58. The van der Waals surface area contributed by atoms with E-state index in [0.29, 0.717) is 23.1 Å². The number of hydrogen-bond donors (Lipinski definition) is 1. The number of ether oxygens (including phenoxy) is 2. The molecule has 4 nitrogen and oxygen atoms in total. The first-order valence-electron chi connectivity index (χ1n) is 6.94. The van der Waals surface area contributed by atoms with Gasteiger partial charge in [-0.05, 0) is 30.3 Å². The van der Waals surface area contributed by atoms with Crippen LogP contribution in [-0.2, 0) is 0 Å². The number of nitrogens with zero attached hydrogens (tertiary/aromatic N) is 1. The van der Waals surface area contributed by atoms with E-state index in [9.17, 15) is 9.50 Å². The molecule has 1 N–H and O–H groups in total. The highest BCUT2D eigenvalue weighted by Crippen LogP contribution is 2.31. The third-order valence-electron chi connectivity index (χ3n) is 3.25. The topological polar surface area (TPSA) is 51.6 Å². The highest BCUT2D eigenvalue weighted by molar-refractivity contribution is 5.67. The SMILES string of the molecule is COc1ccccc1-c1cccc(Oc2ccc(F)c(O)c2)n1. The average molecular weight is 311 g/mol. The second-order valence-corrected chi connectivity index (χ2v) is 4.78. The smallest absolute Gasteiger partial charge is 0.219 e. The minimum absolute atomic E-state index is 0.300. The van der Waals surface area contributed by atoms with Crippen LogP contribution in [0.2, 0.25) is 0 Å². The molecule has 1 heterocycles. The molecule has 0 aliphatic heterocycles. The third-order valence-corrected chi connectivity index (χ3v) is 3.25. The number of halogens is 1. The predicted molar refractivity (Wildman–Crippen MR) is 84.4 cm³/mol. The molecule has 0 radical (unpaired) electrons. The van der Waals surface area contributed by atoms with Gasteiger partial charge < -0.3 is 14.6 Å². The van der Waals surface area contributed by atoms with Crippen molar-refractivity contribution in [2.24, 2.45) is 0 Å². The Labute approximate surface area is 132 Å². The van der Waals surface area contributed by atoms with Crippen LogP contribution < -0.4 is 9.47 Å². The monoisotopic (exact) mass is 311 g/mol. The fourth-order valence-electron chi connectivity index (χ4n) is 2.15. The highest BCUT2D eigenvalue weighted by atomic mass is 19.1. The molecule has 5 heteroatoms. The molecule has 2 aromatic carbocycles. The van der Waals surface area contributed by atoms with Crippen molar-refractivity contribution in [3.05, 3.63) is 66.5 Å². The molecule has 0 amide bonds. The second-order valence-electron chi connectivity index (χ2n) is 4.78. The molecule has 0 aliphatic rings. The van der Waals surface area contributed by atoms with Gasteiger partial charge in [0.25, 0.3) is 0 Å². The maximum absolute atomic E-state index is 13.1. The minimum atomic E-state index is -0.701. The van der Waals surface area contributed by atoms with Gasteiger partial charge in [0.05, 0.1) is 12.8 Å². The van der Waals surface area contributed by atoms with Crippen molar-refractivity contribution in [1.29, 1.82) is 0 Å². The van der Waals surface area contributed by atoms with Crippen LogP contribution in [0.15, 0.2) is 60.7 Å². The summed E-state index contributed by atoms with van der Waals surface area (Å²) in [5.74, 6) is 0.168. The molecule has 0 unspecified atom stereocenters. The van der Waals surface area contributed by atoms with Crippen molar-refractivity contribution in [2.45, 2.75) is 0 Å². The van der Waals surface area contributed by atoms with E-state index in [1.807, 2.05) is 30.3 Å². The van der Waals surface area contributed by atoms with E-state index in [-0.39, 0.29) is 0 Å². The Balaban J connectivity index is 1.92. The molecule has 0 fully saturated rings. The van der Waals surface area contributed by atoms with Gasteiger partial charge in [-0.15, -0.1) is 0 Å². The quantitative estimate of drug-likeness (QED) is 0.776. The Morgan fingerprint density at radius 2 is 1.83 bits per heavy atom.